The summed E-state index contributed by atoms with van der Waals surface area (Å²) in [6.07, 6.45) is 0.319. The third-order valence-corrected chi connectivity index (χ3v) is 6.08. The van der Waals surface area contributed by atoms with Crippen molar-refractivity contribution >= 4 is 39.1 Å². The molecule has 1 heterocycles. The van der Waals surface area contributed by atoms with Gasteiger partial charge in [0.25, 0.3) is 5.91 Å². The summed E-state index contributed by atoms with van der Waals surface area (Å²) in [5.74, 6) is -0.793. The van der Waals surface area contributed by atoms with Crippen LogP contribution in [0.25, 0.3) is 11.1 Å². The number of aliphatic hydroxyl groups excluding tert-OH is 1. The molecule has 2 atom stereocenters. The number of nitrogens with one attached hydrogen (secondary N) is 2. The second kappa shape index (κ2) is 11.0. The van der Waals surface area contributed by atoms with Crippen molar-refractivity contribution in [3.8, 4) is 11.1 Å². The number of carbonyl (C=O) groups excluding carboxylic acids is 1. The first-order valence-corrected chi connectivity index (χ1v) is 11.5. The Morgan fingerprint density at radius 1 is 1.17 bits per heavy atom. The zero-order valence-electron chi connectivity index (χ0n) is 16.1. The summed E-state index contributed by atoms with van der Waals surface area (Å²) in [5, 5.41) is 12.6. The molecular weight excluding hydrogens is 456 g/mol. The van der Waals surface area contributed by atoms with Gasteiger partial charge in [0.05, 0.1) is 24.0 Å². The number of hydrogen-bond donors (Lipinski definition) is 3. The minimum atomic E-state index is -3.30. The largest absolute Gasteiger partial charge is 0.386 e. The van der Waals surface area contributed by atoms with Gasteiger partial charge >= 0.3 is 0 Å². The SMILES string of the molecule is CCS(=O)(=O)NCc1ccc(-c2ccc(C(O)C(CF)NC(=O)C(Cl)Cl)cc2)cn1. The molecule has 0 aliphatic carbocycles. The van der Waals surface area contributed by atoms with Crippen molar-refractivity contribution in [3.63, 3.8) is 0 Å². The number of sulfonamides is 1. The fraction of sp³-hybridized carbons (Fsp3) is 0.368. The lowest BCUT2D eigenvalue weighted by Gasteiger charge is -2.22. The zero-order valence-corrected chi connectivity index (χ0v) is 18.4. The minimum absolute atomic E-state index is 0.00540. The van der Waals surface area contributed by atoms with E-state index in [0.717, 1.165) is 11.1 Å². The van der Waals surface area contributed by atoms with E-state index in [0.29, 0.717) is 11.3 Å². The van der Waals surface area contributed by atoms with Crippen LogP contribution in [-0.2, 0) is 21.4 Å². The number of alkyl halides is 3. The molecule has 7 nitrogen and oxygen atoms in total. The number of amides is 1. The van der Waals surface area contributed by atoms with E-state index < -0.39 is 39.6 Å². The lowest BCUT2D eigenvalue weighted by atomic mass is 9.99. The Bertz CT molecular complexity index is 941. The molecule has 164 valence electrons. The number of rotatable bonds is 10. The van der Waals surface area contributed by atoms with Gasteiger partial charge in [-0.2, -0.15) is 0 Å². The predicted octanol–water partition coefficient (Wildman–Crippen LogP) is 2.48. The maximum Gasteiger partial charge on any atom is 0.253 e. The van der Waals surface area contributed by atoms with Crippen molar-refractivity contribution in [2.24, 2.45) is 0 Å². The predicted molar refractivity (Wildman–Crippen MR) is 114 cm³/mol. The summed E-state index contributed by atoms with van der Waals surface area (Å²) in [7, 11) is -3.30. The molecule has 0 aliphatic heterocycles. The van der Waals surface area contributed by atoms with Gasteiger partial charge < -0.3 is 10.4 Å². The van der Waals surface area contributed by atoms with Crippen LogP contribution in [0.5, 0.6) is 0 Å². The molecule has 11 heteroatoms. The summed E-state index contributed by atoms with van der Waals surface area (Å²) in [4.78, 5) is 14.4. The van der Waals surface area contributed by atoms with E-state index in [1.807, 2.05) is 0 Å². The Hall–Kier alpha value is -1.78. The van der Waals surface area contributed by atoms with Gasteiger partial charge in [-0.05, 0) is 24.1 Å². The van der Waals surface area contributed by atoms with Crippen LogP contribution in [0.15, 0.2) is 42.6 Å². The van der Waals surface area contributed by atoms with Crippen LogP contribution in [0.3, 0.4) is 0 Å². The van der Waals surface area contributed by atoms with Gasteiger partial charge in [0.1, 0.15) is 12.8 Å². The van der Waals surface area contributed by atoms with E-state index in [2.05, 4.69) is 15.0 Å². The molecule has 2 rings (SSSR count). The molecule has 0 radical (unpaired) electrons. The number of benzene rings is 1. The first-order valence-electron chi connectivity index (χ1n) is 9.02. The van der Waals surface area contributed by atoms with Crippen molar-refractivity contribution in [3.05, 3.63) is 53.9 Å². The highest BCUT2D eigenvalue weighted by Crippen LogP contribution is 2.24. The molecule has 2 aromatic rings. The van der Waals surface area contributed by atoms with Crippen LogP contribution in [0, 0.1) is 0 Å². The van der Waals surface area contributed by atoms with Crippen molar-refractivity contribution in [2.75, 3.05) is 12.4 Å². The van der Waals surface area contributed by atoms with E-state index in [-0.39, 0.29) is 12.3 Å². The first kappa shape index (κ1) is 24.5. The van der Waals surface area contributed by atoms with Crippen LogP contribution in [0.4, 0.5) is 4.39 Å². The lowest BCUT2D eigenvalue weighted by molar-refractivity contribution is -0.121. The summed E-state index contributed by atoms with van der Waals surface area (Å²) < 4.78 is 38.7. The highest BCUT2D eigenvalue weighted by atomic mass is 35.5. The van der Waals surface area contributed by atoms with E-state index in [1.165, 1.54) is 0 Å². The average Bonchev–Trinajstić information content (AvgIpc) is 2.76. The quantitative estimate of drug-likeness (QED) is 0.455. The van der Waals surface area contributed by atoms with Crippen LogP contribution >= 0.6 is 23.2 Å². The van der Waals surface area contributed by atoms with Crippen LogP contribution in [-0.4, -0.2) is 47.7 Å². The molecule has 0 saturated heterocycles. The molecule has 0 spiro atoms. The van der Waals surface area contributed by atoms with Crippen LogP contribution in [0.1, 0.15) is 24.3 Å². The van der Waals surface area contributed by atoms with E-state index in [9.17, 15) is 22.7 Å². The Morgan fingerprint density at radius 2 is 1.80 bits per heavy atom. The Balaban J connectivity index is 2.06. The fourth-order valence-electron chi connectivity index (χ4n) is 2.54. The van der Waals surface area contributed by atoms with E-state index in [1.54, 1.807) is 49.5 Å². The van der Waals surface area contributed by atoms with Gasteiger partial charge in [0.2, 0.25) is 10.0 Å². The highest BCUT2D eigenvalue weighted by molar-refractivity contribution is 7.89. The molecule has 0 saturated carbocycles. The Labute approximate surface area is 184 Å². The normalized spacial score (nSPS) is 13.8. The molecule has 0 fully saturated rings. The van der Waals surface area contributed by atoms with Gasteiger partial charge in [0, 0.05) is 11.8 Å². The number of pyridine rings is 1. The van der Waals surface area contributed by atoms with Gasteiger partial charge in [-0.25, -0.2) is 17.5 Å². The number of hydrogen-bond acceptors (Lipinski definition) is 5. The Morgan fingerprint density at radius 3 is 2.30 bits per heavy atom. The molecule has 0 bridgehead atoms. The third kappa shape index (κ3) is 6.88. The molecule has 1 amide bonds. The fourth-order valence-corrected chi connectivity index (χ4v) is 3.24. The van der Waals surface area contributed by atoms with Gasteiger partial charge in [-0.15, -0.1) is 0 Å². The first-order chi connectivity index (χ1) is 14.2. The number of aromatic nitrogens is 1. The highest BCUT2D eigenvalue weighted by Gasteiger charge is 2.25. The lowest BCUT2D eigenvalue weighted by Crippen LogP contribution is -2.43. The summed E-state index contributed by atoms with van der Waals surface area (Å²) in [6, 6.07) is 8.97. The van der Waals surface area contributed by atoms with Crippen molar-refractivity contribution < 1.29 is 22.7 Å². The molecule has 30 heavy (non-hydrogen) atoms. The molecule has 0 aliphatic rings. The number of aliphatic hydroxyl groups is 1. The Kier molecular flexibility index (Phi) is 8.99. The van der Waals surface area contributed by atoms with Crippen molar-refractivity contribution in [1.29, 1.82) is 0 Å². The minimum Gasteiger partial charge on any atom is -0.386 e. The molecule has 2 unspecified atom stereocenters. The molecule has 1 aromatic carbocycles. The summed E-state index contributed by atoms with van der Waals surface area (Å²) in [6.45, 7) is 0.654. The maximum atomic E-state index is 13.2. The van der Waals surface area contributed by atoms with Gasteiger partial charge in [0.15, 0.2) is 4.84 Å². The topological polar surface area (TPSA) is 108 Å². The average molecular weight is 478 g/mol. The third-order valence-electron chi connectivity index (χ3n) is 4.34. The number of halogens is 3. The second-order valence-electron chi connectivity index (χ2n) is 6.40. The number of carbonyl (C=O) groups is 1. The van der Waals surface area contributed by atoms with E-state index >= 15 is 0 Å². The van der Waals surface area contributed by atoms with E-state index in [4.69, 9.17) is 23.2 Å². The summed E-state index contributed by atoms with van der Waals surface area (Å²) in [5.41, 5.74) is 2.55. The monoisotopic (exact) mass is 477 g/mol. The zero-order chi connectivity index (χ0) is 22.3. The van der Waals surface area contributed by atoms with Gasteiger partial charge in [-0.1, -0.05) is 53.5 Å². The standard InChI is InChI=1S/C19H22Cl2FN3O4S/c1-2-30(28,29)24-11-15-8-7-14(10-23-15)12-3-5-13(6-4-12)17(26)16(9-22)25-19(27)18(20)21/h3-8,10,16-18,24,26H,2,9,11H2,1H3,(H,25,27). The second-order valence-corrected chi connectivity index (χ2v) is 9.59. The molecule has 1 aromatic heterocycles. The molecular formula is C19H22Cl2FN3O4S. The summed E-state index contributed by atoms with van der Waals surface area (Å²) >= 11 is 10.9. The van der Waals surface area contributed by atoms with Crippen molar-refractivity contribution in [1.82, 2.24) is 15.0 Å². The van der Waals surface area contributed by atoms with Crippen molar-refractivity contribution in [2.45, 2.75) is 30.5 Å². The van der Waals surface area contributed by atoms with Gasteiger partial charge in [-0.3, -0.25) is 9.78 Å². The maximum absolute atomic E-state index is 13.2. The van der Waals surface area contributed by atoms with Crippen LogP contribution < -0.4 is 10.0 Å². The van der Waals surface area contributed by atoms with Crippen LogP contribution in [0.2, 0.25) is 0 Å². The molecule has 3 N–H and O–H groups in total. The smallest absolute Gasteiger partial charge is 0.253 e. The number of nitrogens with zero attached hydrogens (tertiary/aromatic N) is 1.